The van der Waals surface area contributed by atoms with E-state index in [0.717, 1.165) is 0 Å². The molecule has 1 saturated heterocycles. The van der Waals surface area contributed by atoms with Gasteiger partial charge in [-0.05, 0) is 0 Å². The minimum atomic E-state index is -1.00. The quantitative estimate of drug-likeness (QED) is 0.430. The molecule has 4 nitrogen and oxygen atoms in total. The molecule has 1 rings (SSSR count). The predicted octanol–water partition coefficient (Wildman–Crippen LogP) is -0.999. The first-order valence-electron chi connectivity index (χ1n) is 3.47. The fourth-order valence-electron chi connectivity index (χ4n) is 1.08. The molecular weight excluding hydrogens is 148 g/mol. The Labute approximate surface area is 64.7 Å². The normalized spacial score (nSPS) is 45.4. The van der Waals surface area contributed by atoms with Crippen LogP contribution in [0.15, 0.2) is 12.7 Å². The number of hydrogen-bond acceptors (Lipinski definition) is 4. The van der Waals surface area contributed by atoms with E-state index < -0.39 is 24.6 Å². The molecule has 0 spiro atoms. The topological polar surface area (TPSA) is 69.9 Å². The average molecular weight is 160 g/mol. The first-order chi connectivity index (χ1) is 5.15. The summed E-state index contributed by atoms with van der Waals surface area (Å²) in [6.07, 6.45) is -2.18. The van der Waals surface area contributed by atoms with Crippen molar-refractivity contribution >= 4 is 0 Å². The van der Waals surface area contributed by atoms with Gasteiger partial charge in [-0.3, -0.25) is 0 Å². The van der Waals surface area contributed by atoms with Crippen molar-refractivity contribution in [1.29, 1.82) is 0 Å². The highest BCUT2D eigenvalue weighted by Crippen LogP contribution is 2.19. The summed E-state index contributed by atoms with van der Waals surface area (Å²) in [6.45, 7) is 3.40. The molecule has 64 valence electrons. The molecule has 3 N–H and O–H groups in total. The molecule has 4 heteroatoms. The van der Waals surface area contributed by atoms with Gasteiger partial charge in [0.15, 0.2) is 6.29 Å². The fraction of sp³-hybridized carbons (Fsp3) is 0.714. The van der Waals surface area contributed by atoms with E-state index in [2.05, 4.69) is 6.58 Å². The van der Waals surface area contributed by atoms with Gasteiger partial charge in [-0.25, -0.2) is 0 Å². The van der Waals surface area contributed by atoms with Gasteiger partial charge in [-0.1, -0.05) is 6.08 Å². The summed E-state index contributed by atoms with van der Waals surface area (Å²) in [6, 6.07) is 0. The van der Waals surface area contributed by atoms with Gasteiger partial charge in [0.1, 0.15) is 12.2 Å². The van der Waals surface area contributed by atoms with Crippen LogP contribution in [-0.4, -0.2) is 39.9 Å². The first kappa shape index (κ1) is 8.67. The van der Waals surface area contributed by atoms with Crippen LogP contribution in [0.5, 0.6) is 0 Å². The third kappa shape index (κ3) is 1.78. The standard InChI is InChI=1S/C7H12O4/c1-2-5-7(10)4(8)3-6(9)11-5/h2,4-10H,1,3H2/t4-,5-,6+,7+/m1/s1. The number of aliphatic hydroxyl groups excluding tert-OH is 3. The molecule has 0 saturated carbocycles. The van der Waals surface area contributed by atoms with Crippen molar-refractivity contribution in [2.45, 2.75) is 31.0 Å². The second-order valence-electron chi connectivity index (χ2n) is 2.58. The van der Waals surface area contributed by atoms with Crippen molar-refractivity contribution in [1.82, 2.24) is 0 Å². The Balaban J connectivity index is 2.58. The van der Waals surface area contributed by atoms with Crippen LogP contribution in [0.4, 0.5) is 0 Å². The summed E-state index contributed by atoms with van der Waals surface area (Å²) >= 11 is 0. The highest BCUT2D eigenvalue weighted by Gasteiger charge is 2.33. The molecule has 0 radical (unpaired) electrons. The lowest BCUT2D eigenvalue weighted by molar-refractivity contribution is -0.218. The van der Waals surface area contributed by atoms with Crippen molar-refractivity contribution in [3.05, 3.63) is 12.7 Å². The zero-order valence-electron chi connectivity index (χ0n) is 6.05. The molecule has 0 aromatic heterocycles. The molecule has 0 unspecified atom stereocenters. The molecular formula is C7H12O4. The summed E-state index contributed by atoms with van der Waals surface area (Å²) in [5.41, 5.74) is 0. The van der Waals surface area contributed by atoms with Crippen molar-refractivity contribution in [2.24, 2.45) is 0 Å². The Morgan fingerprint density at radius 2 is 2.00 bits per heavy atom. The molecule has 1 heterocycles. The minimum absolute atomic E-state index is 0.0471. The zero-order valence-corrected chi connectivity index (χ0v) is 6.05. The summed E-state index contributed by atoms with van der Waals surface area (Å²) in [4.78, 5) is 0. The van der Waals surface area contributed by atoms with E-state index in [0.29, 0.717) is 0 Å². The van der Waals surface area contributed by atoms with Gasteiger partial charge >= 0.3 is 0 Å². The van der Waals surface area contributed by atoms with Crippen LogP contribution in [0, 0.1) is 0 Å². The van der Waals surface area contributed by atoms with E-state index in [9.17, 15) is 5.11 Å². The molecule has 1 fully saturated rings. The van der Waals surface area contributed by atoms with Gasteiger partial charge in [0.25, 0.3) is 0 Å². The van der Waals surface area contributed by atoms with Crippen molar-refractivity contribution in [3.63, 3.8) is 0 Å². The smallest absolute Gasteiger partial charge is 0.158 e. The largest absolute Gasteiger partial charge is 0.390 e. The first-order valence-corrected chi connectivity index (χ1v) is 3.47. The summed E-state index contributed by atoms with van der Waals surface area (Å²) < 4.78 is 4.85. The molecule has 0 aromatic carbocycles. The summed E-state index contributed by atoms with van der Waals surface area (Å²) in [7, 11) is 0. The van der Waals surface area contributed by atoms with Crippen LogP contribution in [0.1, 0.15) is 6.42 Å². The lowest BCUT2D eigenvalue weighted by Gasteiger charge is -2.33. The van der Waals surface area contributed by atoms with E-state index >= 15 is 0 Å². The SMILES string of the molecule is C=C[C@H]1O[C@H](O)C[C@@H](O)[C@@H]1O. The van der Waals surface area contributed by atoms with Crippen molar-refractivity contribution in [3.8, 4) is 0 Å². The molecule has 11 heavy (non-hydrogen) atoms. The number of ether oxygens (including phenoxy) is 1. The molecule has 1 aliphatic heterocycles. The van der Waals surface area contributed by atoms with Crippen LogP contribution >= 0.6 is 0 Å². The fourth-order valence-corrected chi connectivity index (χ4v) is 1.08. The molecule has 4 atom stereocenters. The highest BCUT2D eigenvalue weighted by molar-refractivity contribution is 4.92. The van der Waals surface area contributed by atoms with E-state index in [1.807, 2.05) is 0 Å². The van der Waals surface area contributed by atoms with E-state index in [1.54, 1.807) is 0 Å². The monoisotopic (exact) mass is 160 g/mol. The Hall–Kier alpha value is -0.420. The van der Waals surface area contributed by atoms with Gasteiger partial charge in [0.05, 0.1) is 6.10 Å². The van der Waals surface area contributed by atoms with Gasteiger partial charge in [-0.15, -0.1) is 6.58 Å². The van der Waals surface area contributed by atoms with E-state index in [-0.39, 0.29) is 6.42 Å². The van der Waals surface area contributed by atoms with E-state index in [1.165, 1.54) is 6.08 Å². The minimum Gasteiger partial charge on any atom is -0.390 e. The molecule has 1 aliphatic rings. The maximum atomic E-state index is 9.20. The number of aliphatic hydroxyl groups is 3. The average Bonchev–Trinajstić information content (AvgIpc) is 1.96. The van der Waals surface area contributed by atoms with Crippen LogP contribution in [-0.2, 0) is 4.74 Å². The Kier molecular flexibility index (Phi) is 2.62. The van der Waals surface area contributed by atoms with Gasteiger partial charge in [0.2, 0.25) is 0 Å². The van der Waals surface area contributed by atoms with Crippen LogP contribution in [0.25, 0.3) is 0 Å². The van der Waals surface area contributed by atoms with Gasteiger partial charge in [-0.2, -0.15) is 0 Å². The van der Waals surface area contributed by atoms with Gasteiger partial charge in [0, 0.05) is 6.42 Å². The van der Waals surface area contributed by atoms with Crippen LogP contribution in [0.3, 0.4) is 0 Å². The van der Waals surface area contributed by atoms with E-state index in [4.69, 9.17) is 14.9 Å². The maximum Gasteiger partial charge on any atom is 0.158 e. The van der Waals surface area contributed by atoms with Crippen LogP contribution < -0.4 is 0 Å². The summed E-state index contributed by atoms with van der Waals surface area (Å²) in [5.74, 6) is 0. The Morgan fingerprint density at radius 1 is 1.36 bits per heavy atom. The van der Waals surface area contributed by atoms with Crippen molar-refractivity contribution in [2.75, 3.05) is 0 Å². The van der Waals surface area contributed by atoms with Crippen molar-refractivity contribution < 1.29 is 20.1 Å². The molecule has 0 bridgehead atoms. The lowest BCUT2D eigenvalue weighted by Crippen LogP contribution is -2.47. The Bertz CT molecular complexity index is 147. The molecule has 0 aliphatic carbocycles. The highest BCUT2D eigenvalue weighted by atomic mass is 16.6. The third-order valence-electron chi connectivity index (χ3n) is 1.72. The maximum absolute atomic E-state index is 9.20. The molecule has 0 aromatic rings. The summed E-state index contributed by atoms with van der Waals surface area (Å²) in [5, 5.41) is 27.3. The third-order valence-corrected chi connectivity index (χ3v) is 1.72. The number of hydrogen-bond donors (Lipinski definition) is 3. The van der Waals surface area contributed by atoms with Gasteiger partial charge < -0.3 is 20.1 Å². The zero-order chi connectivity index (χ0) is 8.43. The second-order valence-corrected chi connectivity index (χ2v) is 2.58. The Morgan fingerprint density at radius 3 is 2.55 bits per heavy atom. The number of rotatable bonds is 1. The van der Waals surface area contributed by atoms with Crippen LogP contribution in [0.2, 0.25) is 0 Å². The molecule has 0 amide bonds. The lowest BCUT2D eigenvalue weighted by atomic mass is 10.0. The second kappa shape index (κ2) is 3.32. The predicted molar refractivity (Wildman–Crippen MR) is 37.7 cm³/mol.